The zero-order valence-electron chi connectivity index (χ0n) is 9.54. The van der Waals surface area contributed by atoms with Crippen LogP contribution in [-0.2, 0) is 17.6 Å². The maximum atomic E-state index is 6.14. The maximum Gasteiger partial charge on any atom is 0.0642 e. The fourth-order valence-corrected chi connectivity index (χ4v) is 2.71. The van der Waals surface area contributed by atoms with Crippen LogP contribution in [0.3, 0.4) is 0 Å². The number of fused-ring (bicyclic) bond motifs is 1. The van der Waals surface area contributed by atoms with E-state index in [9.17, 15) is 0 Å². The van der Waals surface area contributed by atoms with Crippen molar-refractivity contribution in [2.75, 3.05) is 36.9 Å². The lowest BCUT2D eigenvalue weighted by Gasteiger charge is -2.30. The smallest absolute Gasteiger partial charge is 0.0642 e. The van der Waals surface area contributed by atoms with E-state index in [2.05, 4.69) is 17.0 Å². The molecule has 0 saturated carbocycles. The summed E-state index contributed by atoms with van der Waals surface area (Å²) in [4.78, 5) is 2.34. The third-order valence-corrected chi connectivity index (χ3v) is 3.59. The molecule has 1 aromatic rings. The lowest BCUT2D eigenvalue weighted by atomic mass is 10.1. The monoisotopic (exact) mass is 218 g/mol. The largest absolute Gasteiger partial charge is 0.397 e. The number of hydrogen-bond acceptors (Lipinski definition) is 3. The minimum atomic E-state index is 0.816. The van der Waals surface area contributed by atoms with Gasteiger partial charge in [-0.3, -0.25) is 0 Å². The Balaban J connectivity index is 1.94. The van der Waals surface area contributed by atoms with Gasteiger partial charge in [0.05, 0.1) is 24.6 Å². The molecule has 1 aromatic carbocycles. The molecule has 1 aliphatic carbocycles. The van der Waals surface area contributed by atoms with Crippen molar-refractivity contribution in [3.05, 3.63) is 23.3 Å². The Labute approximate surface area is 96.2 Å². The van der Waals surface area contributed by atoms with Gasteiger partial charge in [-0.05, 0) is 42.5 Å². The Morgan fingerprint density at radius 3 is 2.50 bits per heavy atom. The van der Waals surface area contributed by atoms with Crippen LogP contribution >= 0.6 is 0 Å². The van der Waals surface area contributed by atoms with Crippen LogP contribution in [0.1, 0.15) is 17.5 Å². The molecule has 0 radical (unpaired) electrons. The van der Waals surface area contributed by atoms with Crippen LogP contribution in [0.4, 0.5) is 11.4 Å². The third kappa shape index (κ3) is 1.65. The summed E-state index contributed by atoms with van der Waals surface area (Å²) in [6.07, 6.45) is 3.69. The van der Waals surface area contributed by atoms with Crippen molar-refractivity contribution in [1.29, 1.82) is 0 Å². The van der Waals surface area contributed by atoms with Crippen molar-refractivity contribution in [3.8, 4) is 0 Å². The Hall–Kier alpha value is -1.22. The average molecular weight is 218 g/mol. The number of hydrogen-bond donors (Lipinski definition) is 1. The number of aryl methyl sites for hydroxylation is 2. The number of rotatable bonds is 1. The first kappa shape index (κ1) is 9.97. The first-order chi connectivity index (χ1) is 7.84. The van der Waals surface area contributed by atoms with Crippen molar-refractivity contribution >= 4 is 11.4 Å². The number of anilines is 2. The minimum absolute atomic E-state index is 0.816. The van der Waals surface area contributed by atoms with Crippen molar-refractivity contribution in [3.63, 3.8) is 0 Å². The second kappa shape index (κ2) is 3.98. The number of nitrogen functional groups attached to an aromatic ring is 1. The highest BCUT2D eigenvalue weighted by molar-refractivity contribution is 5.70. The lowest BCUT2D eigenvalue weighted by Crippen LogP contribution is -2.36. The SMILES string of the molecule is Nc1cc2c(cc1N1CCOCC1)CCC2. The molecule has 3 rings (SSSR count). The molecule has 3 heteroatoms. The summed E-state index contributed by atoms with van der Waals surface area (Å²) in [5.74, 6) is 0. The summed E-state index contributed by atoms with van der Waals surface area (Å²) < 4.78 is 5.37. The molecular weight excluding hydrogens is 200 g/mol. The van der Waals surface area contributed by atoms with Crippen LogP contribution < -0.4 is 10.6 Å². The molecule has 16 heavy (non-hydrogen) atoms. The molecule has 2 N–H and O–H groups in total. The highest BCUT2D eigenvalue weighted by atomic mass is 16.5. The molecule has 0 bridgehead atoms. The van der Waals surface area contributed by atoms with Crippen molar-refractivity contribution in [2.24, 2.45) is 0 Å². The van der Waals surface area contributed by atoms with Crippen molar-refractivity contribution < 1.29 is 4.74 Å². The summed E-state index contributed by atoms with van der Waals surface area (Å²) >= 11 is 0. The molecule has 3 nitrogen and oxygen atoms in total. The van der Waals surface area contributed by atoms with Gasteiger partial charge in [-0.2, -0.15) is 0 Å². The van der Waals surface area contributed by atoms with Gasteiger partial charge in [0.25, 0.3) is 0 Å². The second-order valence-electron chi connectivity index (χ2n) is 4.63. The molecule has 1 saturated heterocycles. The average Bonchev–Trinajstić information content (AvgIpc) is 2.76. The van der Waals surface area contributed by atoms with E-state index in [4.69, 9.17) is 10.5 Å². The van der Waals surface area contributed by atoms with E-state index in [-0.39, 0.29) is 0 Å². The number of benzene rings is 1. The fourth-order valence-electron chi connectivity index (χ4n) is 2.71. The van der Waals surface area contributed by atoms with E-state index >= 15 is 0 Å². The van der Waals surface area contributed by atoms with E-state index in [1.807, 2.05) is 0 Å². The summed E-state index contributed by atoms with van der Waals surface area (Å²) in [5.41, 5.74) is 11.2. The van der Waals surface area contributed by atoms with Crippen LogP contribution in [0.25, 0.3) is 0 Å². The molecule has 1 heterocycles. The van der Waals surface area contributed by atoms with Gasteiger partial charge in [-0.25, -0.2) is 0 Å². The number of morpholine rings is 1. The molecule has 0 atom stereocenters. The first-order valence-electron chi connectivity index (χ1n) is 6.08. The van der Waals surface area contributed by atoms with Crippen LogP contribution in [0.5, 0.6) is 0 Å². The van der Waals surface area contributed by atoms with E-state index in [1.165, 1.54) is 36.1 Å². The Bertz CT molecular complexity index is 397. The normalized spacial score (nSPS) is 19.9. The van der Waals surface area contributed by atoms with Crippen LogP contribution in [0.15, 0.2) is 12.1 Å². The van der Waals surface area contributed by atoms with Crippen LogP contribution in [0.2, 0.25) is 0 Å². The Morgan fingerprint density at radius 2 is 1.75 bits per heavy atom. The van der Waals surface area contributed by atoms with Crippen LogP contribution in [-0.4, -0.2) is 26.3 Å². The van der Waals surface area contributed by atoms with Gasteiger partial charge in [0.15, 0.2) is 0 Å². The summed E-state index contributed by atoms with van der Waals surface area (Å²) in [6.45, 7) is 3.55. The number of nitrogens with two attached hydrogens (primary N) is 1. The van der Waals surface area contributed by atoms with Gasteiger partial charge in [-0.1, -0.05) is 0 Å². The summed E-state index contributed by atoms with van der Waals surface area (Å²) in [7, 11) is 0. The third-order valence-electron chi connectivity index (χ3n) is 3.59. The predicted molar refractivity (Wildman–Crippen MR) is 65.9 cm³/mol. The van der Waals surface area contributed by atoms with Gasteiger partial charge in [0.1, 0.15) is 0 Å². The summed E-state index contributed by atoms with van der Waals surface area (Å²) in [5, 5.41) is 0. The molecular formula is C13H18N2O. The standard InChI is InChI=1S/C13H18N2O/c14-12-8-10-2-1-3-11(10)9-13(12)15-4-6-16-7-5-15/h8-9H,1-7,14H2. The molecule has 1 aliphatic heterocycles. The highest BCUT2D eigenvalue weighted by Crippen LogP contribution is 2.32. The maximum absolute atomic E-state index is 6.14. The van der Waals surface area contributed by atoms with E-state index in [1.54, 1.807) is 0 Å². The molecule has 0 spiro atoms. The molecule has 1 fully saturated rings. The fraction of sp³-hybridized carbons (Fsp3) is 0.538. The second-order valence-corrected chi connectivity index (χ2v) is 4.63. The van der Waals surface area contributed by atoms with Gasteiger partial charge in [-0.15, -0.1) is 0 Å². The molecule has 0 aromatic heterocycles. The lowest BCUT2D eigenvalue weighted by molar-refractivity contribution is 0.123. The minimum Gasteiger partial charge on any atom is -0.397 e. The van der Waals surface area contributed by atoms with Crippen LogP contribution in [0, 0.1) is 0 Å². The first-order valence-corrected chi connectivity index (χ1v) is 6.08. The molecule has 0 unspecified atom stereocenters. The Kier molecular flexibility index (Phi) is 2.48. The topological polar surface area (TPSA) is 38.5 Å². The van der Waals surface area contributed by atoms with Gasteiger partial charge in [0.2, 0.25) is 0 Å². The molecule has 2 aliphatic rings. The van der Waals surface area contributed by atoms with E-state index < -0.39 is 0 Å². The van der Waals surface area contributed by atoms with E-state index in [0.29, 0.717) is 0 Å². The molecule has 86 valence electrons. The van der Waals surface area contributed by atoms with Gasteiger partial charge < -0.3 is 15.4 Å². The van der Waals surface area contributed by atoms with Gasteiger partial charge in [0, 0.05) is 13.1 Å². The Morgan fingerprint density at radius 1 is 1.06 bits per heavy atom. The number of ether oxygens (including phenoxy) is 1. The van der Waals surface area contributed by atoms with Crippen molar-refractivity contribution in [1.82, 2.24) is 0 Å². The predicted octanol–water partition coefficient (Wildman–Crippen LogP) is 1.59. The highest BCUT2D eigenvalue weighted by Gasteiger charge is 2.18. The number of nitrogens with zero attached hydrogens (tertiary/aromatic N) is 1. The zero-order valence-corrected chi connectivity index (χ0v) is 9.54. The van der Waals surface area contributed by atoms with E-state index in [0.717, 1.165) is 32.0 Å². The zero-order chi connectivity index (χ0) is 11.0. The van der Waals surface area contributed by atoms with Crippen molar-refractivity contribution in [2.45, 2.75) is 19.3 Å². The van der Waals surface area contributed by atoms with Gasteiger partial charge >= 0.3 is 0 Å². The summed E-state index contributed by atoms with van der Waals surface area (Å²) in [6, 6.07) is 4.47. The quantitative estimate of drug-likeness (QED) is 0.728. The molecule has 0 amide bonds.